The number of amides is 1. The highest BCUT2D eigenvalue weighted by molar-refractivity contribution is 6.30. The number of halogens is 1. The van der Waals surface area contributed by atoms with Gasteiger partial charge in [0, 0.05) is 12.1 Å². The van der Waals surface area contributed by atoms with Crippen LogP contribution in [0.25, 0.3) is 11.1 Å². The fraction of sp³-hybridized carbons (Fsp3) is 0.133. The molecule has 0 saturated carbocycles. The third kappa shape index (κ3) is 2.90. The average Bonchev–Trinajstić information content (AvgIpc) is 2.41. The predicted octanol–water partition coefficient (Wildman–Crippen LogP) is 3.30. The molecule has 18 heavy (non-hydrogen) atoms. The molecular weight excluding hydrogens is 246 g/mol. The van der Waals surface area contributed by atoms with Gasteiger partial charge in [0.05, 0.1) is 6.42 Å². The summed E-state index contributed by atoms with van der Waals surface area (Å²) < 4.78 is 0. The summed E-state index contributed by atoms with van der Waals surface area (Å²) in [5.41, 5.74) is 3.05. The van der Waals surface area contributed by atoms with Crippen molar-refractivity contribution in [2.75, 3.05) is 7.05 Å². The van der Waals surface area contributed by atoms with Crippen molar-refractivity contribution >= 4 is 17.5 Å². The van der Waals surface area contributed by atoms with Gasteiger partial charge in [-0.05, 0) is 28.8 Å². The second kappa shape index (κ2) is 5.69. The van der Waals surface area contributed by atoms with Gasteiger partial charge in [-0.3, -0.25) is 4.79 Å². The normalized spacial score (nSPS) is 10.1. The third-order valence-electron chi connectivity index (χ3n) is 2.79. The molecule has 0 unspecified atom stereocenters. The minimum atomic E-state index is -0.00509. The maximum absolute atomic E-state index is 11.5. The maximum Gasteiger partial charge on any atom is 0.224 e. The smallest absolute Gasteiger partial charge is 0.224 e. The zero-order valence-electron chi connectivity index (χ0n) is 10.1. The van der Waals surface area contributed by atoms with E-state index in [1.165, 1.54) is 0 Å². The Morgan fingerprint density at radius 2 is 1.89 bits per heavy atom. The van der Waals surface area contributed by atoms with Crippen LogP contribution in [0.4, 0.5) is 0 Å². The Balaban J connectivity index is 2.44. The molecule has 3 heteroatoms. The van der Waals surface area contributed by atoms with Crippen molar-refractivity contribution in [3.8, 4) is 11.1 Å². The van der Waals surface area contributed by atoms with Crippen molar-refractivity contribution in [1.29, 1.82) is 0 Å². The van der Waals surface area contributed by atoms with Crippen LogP contribution < -0.4 is 5.32 Å². The van der Waals surface area contributed by atoms with Gasteiger partial charge in [0.15, 0.2) is 0 Å². The summed E-state index contributed by atoms with van der Waals surface area (Å²) in [6.45, 7) is 0. The van der Waals surface area contributed by atoms with Gasteiger partial charge in [0.2, 0.25) is 5.91 Å². The van der Waals surface area contributed by atoms with Crippen LogP contribution in [-0.4, -0.2) is 13.0 Å². The van der Waals surface area contributed by atoms with Gasteiger partial charge in [-0.25, -0.2) is 0 Å². The van der Waals surface area contributed by atoms with Gasteiger partial charge in [-0.15, -0.1) is 0 Å². The molecular formula is C15H14ClNO. The first-order valence-corrected chi connectivity index (χ1v) is 6.13. The van der Waals surface area contributed by atoms with Crippen molar-refractivity contribution < 1.29 is 4.79 Å². The summed E-state index contributed by atoms with van der Waals surface area (Å²) in [6.07, 6.45) is 0.359. The first-order valence-electron chi connectivity index (χ1n) is 5.75. The highest BCUT2D eigenvalue weighted by Gasteiger charge is 2.09. The zero-order chi connectivity index (χ0) is 13.0. The molecule has 2 aromatic rings. The van der Waals surface area contributed by atoms with E-state index in [1.807, 2.05) is 48.5 Å². The maximum atomic E-state index is 11.5. The Morgan fingerprint density at radius 1 is 1.17 bits per heavy atom. The molecule has 1 N–H and O–H groups in total. The molecule has 0 aliphatic carbocycles. The molecule has 0 spiro atoms. The van der Waals surface area contributed by atoms with E-state index in [0.717, 1.165) is 16.7 Å². The van der Waals surface area contributed by atoms with E-state index in [1.54, 1.807) is 7.05 Å². The second-order valence-corrected chi connectivity index (χ2v) is 4.45. The largest absolute Gasteiger partial charge is 0.359 e. The lowest BCUT2D eigenvalue weighted by Crippen LogP contribution is -2.20. The second-order valence-electron chi connectivity index (χ2n) is 4.02. The van der Waals surface area contributed by atoms with Crippen LogP contribution in [0.5, 0.6) is 0 Å². The van der Waals surface area contributed by atoms with Crippen molar-refractivity contribution in [3.05, 3.63) is 59.1 Å². The number of carbonyl (C=O) groups excluding carboxylic acids is 1. The highest BCUT2D eigenvalue weighted by Crippen LogP contribution is 2.27. The van der Waals surface area contributed by atoms with Crippen LogP contribution in [0.1, 0.15) is 5.56 Å². The Kier molecular flexibility index (Phi) is 4.00. The zero-order valence-corrected chi connectivity index (χ0v) is 10.9. The lowest BCUT2D eigenvalue weighted by Gasteiger charge is -2.10. The van der Waals surface area contributed by atoms with E-state index in [0.29, 0.717) is 11.4 Å². The van der Waals surface area contributed by atoms with Gasteiger partial charge in [0.1, 0.15) is 0 Å². The van der Waals surface area contributed by atoms with Crippen LogP contribution in [0.15, 0.2) is 48.5 Å². The first-order chi connectivity index (χ1) is 8.70. The SMILES string of the molecule is CNC(=O)Cc1ccc(Cl)cc1-c1ccccc1. The molecule has 0 atom stereocenters. The van der Waals surface area contributed by atoms with Crippen LogP contribution in [0.3, 0.4) is 0 Å². The summed E-state index contributed by atoms with van der Waals surface area (Å²) in [7, 11) is 1.64. The van der Waals surface area contributed by atoms with Gasteiger partial charge in [-0.1, -0.05) is 48.0 Å². The molecule has 0 aliphatic heterocycles. The lowest BCUT2D eigenvalue weighted by atomic mass is 9.97. The number of rotatable bonds is 3. The molecule has 1 amide bonds. The van der Waals surface area contributed by atoms with Gasteiger partial charge in [-0.2, -0.15) is 0 Å². The van der Waals surface area contributed by atoms with E-state index < -0.39 is 0 Å². The minimum Gasteiger partial charge on any atom is -0.359 e. The van der Waals surface area contributed by atoms with E-state index in [9.17, 15) is 4.79 Å². The van der Waals surface area contributed by atoms with Crippen LogP contribution in [0, 0.1) is 0 Å². The first kappa shape index (κ1) is 12.7. The number of nitrogens with one attached hydrogen (secondary N) is 1. The molecule has 0 saturated heterocycles. The molecule has 92 valence electrons. The Hall–Kier alpha value is -1.80. The molecule has 2 aromatic carbocycles. The molecule has 0 fully saturated rings. The molecule has 0 heterocycles. The Morgan fingerprint density at radius 3 is 2.56 bits per heavy atom. The van der Waals surface area contributed by atoms with Gasteiger partial charge in [0.25, 0.3) is 0 Å². The van der Waals surface area contributed by atoms with Crippen molar-refractivity contribution in [1.82, 2.24) is 5.32 Å². The van der Waals surface area contributed by atoms with Gasteiger partial charge >= 0.3 is 0 Å². The number of likely N-dealkylation sites (N-methyl/N-ethyl adjacent to an activating group) is 1. The van der Waals surface area contributed by atoms with Crippen molar-refractivity contribution in [2.45, 2.75) is 6.42 Å². The fourth-order valence-corrected chi connectivity index (χ4v) is 2.02. The quantitative estimate of drug-likeness (QED) is 0.900. The summed E-state index contributed by atoms with van der Waals surface area (Å²) in [5, 5.41) is 3.31. The van der Waals surface area contributed by atoms with Crippen molar-refractivity contribution in [3.63, 3.8) is 0 Å². The fourth-order valence-electron chi connectivity index (χ4n) is 1.85. The van der Waals surface area contributed by atoms with E-state index in [2.05, 4.69) is 5.32 Å². The molecule has 2 nitrogen and oxygen atoms in total. The lowest BCUT2D eigenvalue weighted by molar-refractivity contribution is -0.119. The summed E-state index contributed by atoms with van der Waals surface area (Å²) in [6, 6.07) is 15.5. The topological polar surface area (TPSA) is 29.1 Å². The predicted molar refractivity (Wildman–Crippen MR) is 74.7 cm³/mol. The number of hydrogen-bond acceptors (Lipinski definition) is 1. The summed E-state index contributed by atoms with van der Waals surface area (Å²) in [5.74, 6) is -0.00509. The average molecular weight is 260 g/mol. The summed E-state index contributed by atoms with van der Waals surface area (Å²) >= 11 is 6.04. The number of benzene rings is 2. The van der Waals surface area contributed by atoms with Crippen LogP contribution in [-0.2, 0) is 11.2 Å². The Labute approximate surface area is 112 Å². The number of carbonyl (C=O) groups is 1. The van der Waals surface area contributed by atoms with E-state index in [4.69, 9.17) is 11.6 Å². The van der Waals surface area contributed by atoms with Crippen LogP contribution in [0.2, 0.25) is 5.02 Å². The Bertz CT molecular complexity index is 552. The van der Waals surface area contributed by atoms with Crippen molar-refractivity contribution in [2.24, 2.45) is 0 Å². The standard InChI is InChI=1S/C15H14ClNO/c1-17-15(18)9-12-7-8-13(16)10-14(12)11-5-3-2-4-6-11/h2-8,10H,9H2,1H3,(H,17,18). The monoisotopic (exact) mass is 259 g/mol. The van der Waals surface area contributed by atoms with E-state index in [-0.39, 0.29) is 5.91 Å². The number of hydrogen-bond donors (Lipinski definition) is 1. The minimum absolute atomic E-state index is 0.00509. The van der Waals surface area contributed by atoms with E-state index >= 15 is 0 Å². The molecule has 0 aromatic heterocycles. The molecule has 0 aliphatic rings. The third-order valence-corrected chi connectivity index (χ3v) is 3.02. The highest BCUT2D eigenvalue weighted by atomic mass is 35.5. The molecule has 0 bridgehead atoms. The molecule has 0 radical (unpaired) electrons. The van der Waals surface area contributed by atoms with Crippen LogP contribution >= 0.6 is 11.6 Å². The van der Waals surface area contributed by atoms with Gasteiger partial charge < -0.3 is 5.32 Å². The molecule has 2 rings (SSSR count). The summed E-state index contributed by atoms with van der Waals surface area (Å²) in [4.78, 5) is 11.5.